The van der Waals surface area contributed by atoms with Gasteiger partial charge in [0, 0.05) is 33.1 Å². The molecule has 1 aromatic carbocycles. The number of benzene rings is 1. The zero-order chi connectivity index (χ0) is 21.3. The van der Waals surface area contributed by atoms with Crippen LogP contribution in [0.5, 0.6) is 11.5 Å². The predicted molar refractivity (Wildman–Crippen MR) is 132 cm³/mol. The average Bonchev–Trinajstić information content (AvgIpc) is 3.09. The van der Waals surface area contributed by atoms with Crippen molar-refractivity contribution in [3.8, 4) is 11.5 Å². The fraction of sp³-hybridized carbons (Fsp3) is 0.571. The highest BCUT2D eigenvalue weighted by Crippen LogP contribution is 2.26. The zero-order valence-electron chi connectivity index (χ0n) is 18.5. The van der Waals surface area contributed by atoms with Crippen molar-refractivity contribution in [1.82, 2.24) is 25.0 Å². The number of halogens is 1. The smallest absolute Gasteiger partial charge is 0.345 e. The van der Waals surface area contributed by atoms with Crippen LogP contribution in [0.15, 0.2) is 34.1 Å². The third-order valence-electron chi connectivity index (χ3n) is 5.05. The average molecular weight is 544 g/mol. The van der Waals surface area contributed by atoms with E-state index in [0.29, 0.717) is 37.1 Å². The van der Waals surface area contributed by atoms with Crippen LogP contribution in [0.3, 0.4) is 0 Å². The second-order valence-electron chi connectivity index (χ2n) is 7.34. The molecule has 0 saturated carbocycles. The van der Waals surface area contributed by atoms with E-state index in [1.165, 1.54) is 0 Å². The number of hydrogen-bond donors (Lipinski definition) is 2. The van der Waals surface area contributed by atoms with Gasteiger partial charge in [0.25, 0.3) is 0 Å². The minimum atomic E-state index is -0.0738. The van der Waals surface area contributed by atoms with E-state index in [1.807, 2.05) is 31.2 Å². The summed E-state index contributed by atoms with van der Waals surface area (Å²) in [6.45, 7) is 4.65. The van der Waals surface area contributed by atoms with Crippen LogP contribution < -0.4 is 25.8 Å². The number of rotatable bonds is 9. The number of para-hydroxylation sites is 2. The summed E-state index contributed by atoms with van der Waals surface area (Å²) in [6, 6.07) is 7.59. The van der Waals surface area contributed by atoms with Crippen molar-refractivity contribution in [3.63, 3.8) is 0 Å². The molecule has 0 aliphatic carbocycles. The van der Waals surface area contributed by atoms with Crippen molar-refractivity contribution in [2.75, 3.05) is 27.2 Å². The summed E-state index contributed by atoms with van der Waals surface area (Å²) in [4.78, 5) is 16.6. The van der Waals surface area contributed by atoms with Crippen molar-refractivity contribution in [1.29, 1.82) is 0 Å². The van der Waals surface area contributed by atoms with E-state index in [9.17, 15) is 4.79 Å². The van der Waals surface area contributed by atoms with E-state index in [2.05, 4.69) is 20.7 Å². The summed E-state index contributed by atoms with van der Waals surface area (Å²) >= 11 is 0. The molecule has 1 aliphatic heterocycles. The molecule has 2 heterocycles. The molecule has 0 fully saturated rings. The highest BCUT2D eigenvalue weighted by molar-refractivity contribution is 14.0. The zero-order valence-corrected chi connectivity index (χ0v) is 20.8. The third kappa shape index (κ3) is 6.88. The lowest BCUT2D eigenvalue weighted by Crippen LogP contribution is -2.42. The van der Waals surface area contributed by atoms with Gasteiger partial charge in [-0.3, -0.25) is 9.56 Å². The van der Waals surface area contributed by atoms with E-state index < -0.39 is 0 Å². The molecule has 1 unspecified atom stereocenters. The number of aryl methyl sites for hydroxylation is 2. The Labute approximate surface area is 200 Å². The highest BCUT2D eigenvalue weighted by atomic mass is 127. The van der Waals surface area contributed by atoms with E-state index in [-0.39, 0.29) is 35.8 Å². The molecule has 172 valence electrons. The Kier molecular flexibility index (Phi) is 10.2. The van der Waals surface area contributed by atoms with Gasteiger partial charge in [-0.25, -0.2) is 9.48 Å². The van der Waals surface area contributed by atoms with Gasteiger partial charge in [-0.15, -0.1) is 24.0 Å². The highest BCUT2D eigenvalue weighted by Gasteiger charge is 2.16. The molecule has 0 saturated heterocycles. The van der Waals surface area contributed by atoms with Gasteiger partial charge < -0.3 is 20.1 Å². The quantitative estimate of drug-likeness (QED) is 0.217. The Bertz CT molecular complexity index is 911. The van der Waals surface area contributed by atoms with Crippen LogP contribution in [0, 0.1) is 0 Å². The molecule has 2 N–H and O–H groups in total. The van der Waals surface area contributed by atoms with Crippen molar-refractivity contribution in [3.05, 3.63) is 40.6 Å². The van der Waals surface area contributed by atoms with Gasteiger partial charge in [-0.1, -0.05) is 12.1 Å². The van der Waals surface area contributed by atoms with Gasteiger partial charge in [-0.2, -0.15) is 5.10 Å². The second kappa shape index (κ2) is 12.6. The Balaban J connectivity index is 0.00000341. The number of guanidine groups is 1. The summed E-state index contributed by atoms with van der Waals surface area (Å²) in [5.41, 5.74) is 0.00882. The molecule has 1 aliphatic rings. The predicted octanol–water partition coefficient (Wildman–Crippen LogP) is 2.03. The van der Waals surface area contributed by atoms with Gasteiger partial charge in [0.05, 0.1) is 13.7 Å². The Hall–Kier alpha value is -2.24. The number of aliphatic imine (C=N–C) groups is 1. The number of methoxy groups -OCH3 is 1. The Morgan fingerprint density at radius 1 is 1.26 bits per heavy atom. The molecule has 31 heavy (non-hydrogen) atoms. The first-order valence-corrected chi connectivity index (χ1v) is 10.5. The lowest BCUT2D eigenvalue weighted by atomic mass is 10.2. The monoisotopic (exact) mass is 544 g/mol. The molecule has 2 aromatic rings. The van der Waals surface area contributed by atoms with Crippen LogP contribution >= 0.6 is 24.0 Å². The van der Waals surface area contributed by atoms with E-state index in [0.717, 1.165) is 38.1 Å². The molecule has 0 amide bonds. The van der Waals surface area contributed by atoms with E-state index in [1.54, 1.807) is 23.4 Å². The molecule has 0 radical (unpaired) electrons. The largest absolute Gasteiger partial charge is 0.493 e. The second-order valence-corrected chi connectivity index (χ2v) is 7.34. The van der Waals surface area contributed by atoms with Gasteiger partial charge >= 0.3 is 5.69 Å². The van der Waals surface area contributed by atoms with Gasteiger partial charge in [0.15, 0.2) is 17.5 Å². The lowest BCUT2D eigenvalue weighted by molar-refractivity contribution is 0.213. The fourth-order valence-corrected chi connectivity index (χ4v) is 3.47. The number of hydrogen-bond acceptors (Lipinski definition) is 5. The Morgan fingerprint density at radius 2 is 2.03 bits per heavy atom. The summed E-state index contributed by atoms with van der Waals surface area (Å²) in [7, 11) is 3.36. The molecule has 9 nitrogen and oxygen atoms in total. The minimum absolute atomic E-state index is 0. The Morgan fingerprint density at radius 3 is 2.74 bits per heavy atom. The lowest BCUT2D eigenvalue weighted by Gasteiger charge is -2.19. The molecular formula is C21H33IN6O3. The number of nitrogens with zero attached hydrogens (tertiary/aromatic N) is 4. The van der Waals surface area contributed by atoms with Crippen LogP contribution in [0.4, 0.5) is 0 Å². The number of nitrogens with one attached hydrogen (secondary N) is 2. The van der Waals surface area contributed by atoms with E-state index >= 15 is 0 Å². The third-order valence-corrected chi connectivity index (χ3v) is 5.05. The molecule has 1 aromatic heterocycles. The van der Waals surface area contributed by atoms with Gasteiger partial charge in [-0.05, 0) is 38.3 Å². The standard InChI is InChI=1S/C21H32N6O3.HI/c1-16(30-18-10-5-4-9-17(18)29-3)15-24-20(22-2)23-12-8-14-27-21(28)26-13-7-6-11-19(26)25-27;/h4-5,9-10,16H,6-8,11-15H2,1-3H3,(H2,22,23,24);1H. The molecule has 3 rings (SSSR count). The fourth-order valence-electron chi connectivity index (χ4n) is 3.47. The first kappa shape index (κ1) is 25.0. The molecule has 1 atom stereocenters. The maximum Gasteiger partial charge on any atom is 0.345 e. The number of aromatic nitrogens is 3. The first-order chi connectivity index (χ1) is 14.6. The first-order valence-electron chi connectivity index (χ1n) is 10.5. The SMILES string of the molecule is CN=C(NCCCn1nc2n(c1=O)CCCC2)NCC(C)Oc1ccccc1OC.I. The maximum absolute atomic E-state index is 12.4. The van der Waals surface area contributed by atoms with Gasteiger partial charge in [0.2, 0.25) is 0 Å². The molecule has 0 spiro atoms. The number of ether oxygens (including phenoxy) is 2. The summed E-state index contributed by atoms with van der Waals surface area (Å²) in [5.74, 6) is 3.04. The molecular weight excluding hydrogens is 511 g/mol. The van der Waals surface area contributed by atoms with Crippen molar-refractivity contribution < 1.29 is 9.47 Å². The van der Waals surface area contributed by atoms with Crippen molar-refractivity contribution in [2.45, 2.75) is 51.8 Å². The van der Waals surface area contributed by atoms with Crippen molar-refractivity contribution >= 4 is 29.9 Å². The van der Waals surface area contributed by atoms with Crippen LogP contribution in [-0.4, -0.2) is 53.7 Å². The maximum atomic E-state index is 12.4. The normalized spacial score (nSPS) is 14.2. The molecule has 10 heteroatoms. The minimum Gasteiger partial charge on any atom is -0.493 e. The molecule has 0 bridgehead atoms. The van der Waals surface area contributed by atoms with Crippen LogP contribution in [0.2, 0.25) is 0 Å². The van der Waals surface area contributed by atoms with Crippen LogP contribution in [0.25, 0.3) is 0 Å². The van der Waals surface area contributed by atoms with Gasteiger partial charge in [0.1, 0.15) is 11.9 Å². The topological polar surface area (TPSA) is 94.7 Å². The van der Waals surface area contributed by atoms with Crippen molar-refractivity contribution in [2.24, 2.45) is 4.99 Å². The van der Waals surface area contributed by atoms with Crippen LogP contribution in [0.1, 0.15) is 32.0 Å². The summed E-state index contributed by atoms with van der Waals surface area (Å²) < 4.78 is 14.7. The number of fused-ring (bicyclic) bond motifs is 1. The van der Waals surface area contributed by atoms with Crippen LogP contribution in [-0.2, 0) is 19.5 Å². The summed E-state index contributed by atoms with van der Waals surface area (Å²) in [5, 5.41) is 11.0. The summed E-state index contributed by atoms with van der Waals surface area (Å²) in [6.07, 6.45) is 3.77. The van der Waals surface area contributed by atoms with E-state index in [4.69, 9.17) is 9.47 Å².